The molecule has 0 aromatic rings. The van der Waals surface area contributed by atoms with Crippen LogP contribution in [0.15, 0.2) is 0 Å². The van der Waals surface area contributed by atoms with E-state index in [4.69, 9.17) is 10.2 Å². The van der Waals surface area contributed by atoms with Gasteiger partial charge in [0, 0.05) is 11.8 Å². The van der Waals surface area contributed by atoms with E-state index in [9.17, 15) is 50.2 Å². The van der Waals surface area contributed by atoms with Crippen molar-refractivity contribution >= 4 is 11.9 Å². The number of hydrogen-bond acceptors (Lipinski definition) is 12. The van der Waals surface area contributed by atoms with Crippen molar-refractivity contribution in [3.05, 3.63) is 20.2 Å². The summed E-state index contributed by atoms with van der Waals surface area (Å²) in [5.74, 6) is -7.59. The number of aliphatic hydroxyl groups excluding tert-OH is 4. The molecule has 7 N–H and O–H groups in total. The summed E-state index contributed by atoms with van der Waals surface area (Å²) >= 11 is 0. The van der Waals surface area contributed by atoms with Gasteiger partial charge in [0.2, 0.25) is 12.0 Å². The quantitative estimate of drug-likeness (QED) is 0.120. The number of aliphatic hydroxyl groups is 5. The molecule has 1 aliphatic rings. The van der Waals surface area contributed by atoms with E-state index in [0.29, 0.717) is 6.92 Å². The molecule has 16 heteroatoms. The number of carboxylic acid groups (broad SMARTS) is 1. The largest absolute Gasteiger partial charge is 0.477 e. The van der Waals surface area contributed by atoms with E-state index in [1.165, 1.54) is 0 Å². The highest BCUT2D eigenvalue weighted by Gasteiger charge is 2.78. The molecule has 16 nitrogen and oxygen atoms in total. The number of hydrogen-bond donors (Lipinski definition) is 7. The summed E-state index contributed by atoms with van der Waals surface area (Å²) in [6.07, 6.45) is -10.6. The zero-order valence-corrected chi connectivity index (χ0v) is 13.5. The molecule has 1 heterocycles. The molecule has 0 aliphatic carbocycles. The summed E-state index contributed by atoms with van der Waals surface area (Å²) in [7, 11) is 0. The first-order valence-corrected chi connectivity index (χ1v) is 7.12. The molecule has 0 radical (unpaired) electrons. The van der Waals surface area contributed by atoms with Gasteiger partial charge in [0.1, 0.15) is 12.2 Å². The monoisotopic (exact) mass is 399 g/mol. The van der Waals surface area contributed by atoms with Crippen molar-refractivity contribution in [1.82, 2.24) is 5.32 Å². The number of carbonyl (C=O) groups excluding carboxylic acids is 1. The topological polar surface area (TPSA) is 263 Å². The summed E-state index contributed by atoms with van der Waals surface area (Å²) in [5, 5.41) is 82.2. The Kier molecular flexibility index (Phi) is 6.37. The minimum atomic E-state index is -3.89. The van der Waals surface area contributed by atoms with Crippen molar-refractivity contribution in [1.29, 1.82) is 0 Å². The Morgan fingerprint density at radius 2 is 1.81 bits per heavy atom. The maximum Gasteiger partial charge on any atom is 0.372 e. The SMILES string of the molecule is CC(=O)N[C@]1([N+](=O)[O-])[C@@H](O)C([N+](=O)[O-])[C@](O)(C(=O)O)O[C@H]1C(O)[C@H](O)CO. The second-order valence-electron chi connectivity index (χ2n) is 5.72. The summed E-state index contributed by atoms with van der Waals surface area (Å²) < 4.78 is 4.52. The van der Waals surface area contributed by atoms with E-state index in [2.05, 4.69) is 4.74 Å². The third kappa shape index (κ3) is 3.53. The molecular weight excluding hydrogens is 382 g/mol. The number of aliphatic carboxylic acids is 1. The number of ether oxygens (including phenoxy) is 1. The van der Waals surface area contributed by atoms with E-state index >= 15 is 0 Å². The van der Waals surface area contributed by atoms with Gasteiger partial charge in [0.05, 0.1) is 11.5 Å². The average Bonchev–Trinajstić information content (AvgIpc) is 2.54. The van der Waals surface area contributed by atoms with Crippen LogP contribution in [0.4, 0.5) is 0 Å². The van der Waals surface area contributed by atoms with Crippen LogP contribution in [0, 0.1) is 20.2 Å². The van der Waals surface area contributed by atoms with Crippen LogP contribution in [-0.4, -0.2) is 101 Å². The number of amides is 1. The van der Waals surface area contributed by atoms with Crippen molar-refractivity contribution in [3.63, 3.8) is 0 Å². The van der Waals surface area contributed by atoms with Gasteiger partial charge in [0.15, 0.2) is 6.10 Å². The first kappa shape index (κ1) is 22.5. The predicted molar refractivity (Wildman–Crippen MR) is 76.9 cm³/mol. The smallest absolute Gasteiger partial charge is 0.372 e. The van der Waals surface area contributed by atoms with E-state index in [0.717, 1.165) is 0 Å². The average molecular weight is 399 g/mol. The number of carboxylic acids is 1. The van der Waals surface area contributed by atoms with Gasteiger partial charge in [-0.05, 0) is 0 Å². The molecule has 27 heavy (non-hydrogen) atoms. The van der Waals surface area contributed by atoms with Crippen LogP contribution in [-0.2, 0) is 14.3 Å². The van der Waals surface area contributed by atoms with Gasteiger partial charge in [-0.3, -0.25) is 30.3 Å². The lowest BCUT2D eigenvalue weighted by atomic mass is 9.80. The van der Waals surface area contributed by atoms with Crippen LogP contribution in [0.25, 0.3) is 0 Å². The summed E-state index contributed by atoms with van der Waals surface area (Å²) in [4.78, 5) is 42.5. The molecule has 0 spiro atoms. The maximum absolute atomic E-state index is 11.6. The van der Waals surface area contributed by atoms with Gasteiger partial charge in [0.25, 0.3) is 0 Å². The number of nitro groups is 2. The lowest BCUT2D eigenvalue weighted by Crippen LogP contribution is -2.83. The van der Waals surface area contributed by atoms with E-state index in [1.54, 1.807) is 5.32 Å². The van der Waals surface area contributed by atoms with Crippen LogP contribution in [0.2, 0.25) is 0 Å². The Balaban J connectivity index is 3.76. The normalized spacial score (nSPS) is 35.7. The zero-order chi connectivity index (χ0) is 21.3. The molecule has 1 amide bonds. The highest BCUT2D eigenvalue weighted by molar-refractivity contribution is 5.77. The van der Waals surface area contributed by atoms with Gasteiger partial charge >= 0.3 is 23.5 Å². The Labute approximate surface area is 148 Å². The fourth-order valence-corrected chi connectivity index (χ4v) is 2.74. The summed E-state index contributed by atoms with van der Waals surface area (Å²) in [6, 6.07) is -3.08. The molecule has 1 fully saturated rings. The Bertz CT molecular complexity index is 643. The summed E-state index contributed by atoms with van der Waals surface area (Å²) in [5.41, 5.74) is -3.46. The number of nitrogens with zero attached hydrogens (tertiary/aromatic N) is 2. The lowest BCUT2D eigenvalue weighted by Gasteiger charge is -2.47. The Hall–Kier alpha value is -2.50. The van der Waals surface area contributed by atoms with Crippen LogP contribution < -0.4 is 5.32 Å². The minimum Gasteiger partial charge on any atom is -0.477 e. The predicted octanol–water partition coefficient (Wildman–Crippen LogP) is -5.01. The highest BCUT2D eigenvalue weighted by Crippen LogP contribution is 2.39. The standard InChI is InChI=1S/C11H17N3O13/c1-3(16)12-10(14(25)26)7(19)6(13(23)24)11(22,9(20)21)27-8(10)5(18)4(17)2-15/h4-8,15,17-19,22H,2H2,1H3,(H,12,16)(H,20,21)/t4-,5?,6?,7+,8+,10+,11-/m1/s1. The Morgan fingerprint density at radius 1 is 1.30 bits per heavy atom. The third-order valence-corrected chi connectivity index (χ3v) is 3.99. The molecule has 0 bridgehead atoms. The second kappa shape index (κ2) is 7.62. The van der Waals surface area contributed by atoms with Crippen molar-refractivity contribution < 1.29 is 54.8 Å². The number of rotatable bonds is 7. The molecule has 1 saturated heterocycles. The summed E-state index contributed by atoms with van der Waals surface area (Å²) in [6.45, 7) is -0.543. The fraction of sp³-hybridized carbons (Fsp3) is 0.818. The van der Waals surface area contributed by atoms with Crippen molar-refractivity contribution in [3.8, 4) is 0 Å². The molecule has 2 unspecified atom stereocenters. The van der Waals surface area contributed by atoms with Gasteiger partial charge < -0.3 is 35.4 Å². The van der Waals surface area contributed by atoms with Crippen molar-refractivity contribution in [2.75, 3.05) is 6.61 Å². The lowest BCUT2D eigenvalue weighted by molar-refractivity contribution is -0.663. The molecule has 1 rings (SSSR count). The van der Waals surface area contributed by atoms with Gasteiger partial charge in [-0.1, -0.05) is 0 Å². The first-order chi connectivity index (χ1) is 12.3. The molecule has 154 valence electrons. The van der Waals surface area contributed by atoms with E-state index in [1.807, 2.05) is 0 Å². The highest BCUT2D eigenvalue weighted by atomic mass is 16.7. The molecule has 0 aromatic carbocycles. The van der Waals surface area contributed by atoms with Crippen molar-refractivity contribution in [2.24, 2.45) is 0 Å². The molecule has 7 atom stereocenters. The maximum atomic E-state index is 11.6. The zero-order valence-electron chi connectivity index (χ0n) is 13.5. The van der Waals surface area contributed by atoms with Crippen LogP contribution >= 0.6 is 0 Å². The number of nitrogens with one attached hydrogen (secondary N) is 1. The van der Waals surface area contributed by atoms with Gasteiger partial charge in [-0.15, -0.1) is 0 Å². The Morgan fingerprint density at radius 3 is 2.15 bits per heavy atom. The van der Waals surface area contributed by atoms with Crippen molar-refractivity contribution in [2.45, 2.75) is 48.8 Å². The molecule has 0 aromatic heterocycles. The van der Waals surface area contributed by atoms with Gasteiger partial charge in [-0.25, -0.2) is 4.79 Å². The number of carbonyl (C=O) groups is 2. The molecule has 1 aliphatic heterocycles. The molecular formula is C11H17N3O13. The first-order valence-electron chi connectivity index (χ1n) is 7.12. The second-order valence-corrected chi connectivity index (χ2v) is 5.72. The fourth-order valence-electron chi connectivity index (χ4n) is 2.74. The van der Waals surface area contributed by atoms with Crippen LogP contribution in [0.3, 0.4) is 0 Å². The van der Waals surface area contributed by atoms with Crippen LogP contribution in [0.5, 0.6) is 0 Å². The minimum absolute atomic E-state index is 0.697. The third-order valence-electron chi connectivity index (χ3n) is 3.99. The van der Waals surface area contributed by atoms with Crippen LogP contribution in [0.1, 0.15) is 6.92 Å². The van der Waals surface area contributed by atoms with E-state index in [-0.39, 0.29) is 0 Å². The van der Waals surface area contributed by atoms with Gasteiger partial charge in [-0.2, -0.15) is 0 Å². The van der Waals surface area contributed by atoms with E-state index < -0.39 is 70.2 Å². The molecule has 0 saturated carbocycles.